The molecule has 0 bridgehead atoms. The maximum atomic E-state index is 11.4. The summed E-state index contributed by atoms with van der Waals surface area (Å²) in [6.07, 6.45) is 0. The third-order valence-electron chi connectivity index (χ3n) is 1.61. The predicted molar refractivity (Wildman–Crippen MR) is 58.4 cm³/mol. The van der Waals surface area contributed by atoms with Crippen molar-refractivity contribution in [3.63, 3.8) is 0 Å². The van der Waals surface area contributed by atoms with Crippen LogP contribution in [0, 0.1) is 11.3 Å². The van der Waals surface area contributed by atoms with Gasteiger partial charge in [-0.05, 0) is 12.3 Å². The Bertz CT molecular complexity index is 208. The predicted octanol–water partition coefficient (Wildman–Crippen LogP) is 1.07. The summed E-state index contributed by atoms with van der Waals surface area (Å²) in [4.78, 5) is 11.6. The molecule has 3 nitrogen and oxygen atoms in total. The van der Waals surface area contributed by atoms with Gasteiger partial charge in [0.15, 0.2) is 0 Å². The molecule has 13 heavy (non-hydrogen) atoms. The molecule has 0 rings (SSSR count). The molecule has 0 aliphatic carbocycles. The van der Waals surface area contributed by atoms with Crippen molar-refractivity contribution in [2.24, 2.45) is 17.1 Å². The number of nitrogens with two attached hydrogens (primary N) is 1. The second kappa shape index (κ2) is 4.56. The van der Waals surface area contributed by atoms with Crippen LogP contribution < -0.4 is 11.1 Å². The van der Waals surface area contributed by atoms with E-state index in [-0.39, 0.29) is 22.2 Å². The molecule has 0 aromatic carbocycles. The first-order valence-corrected chi connectivity index (χ1v) is 4.72. The molecule has 1 amide bonds. The van der Waals surface area contributed by atoms with Crippen LogP contribution in [0.4, 0.5) is 0 Å². The quantitative estimate of drug-likeness (QED) is 0.673. The average Bonchev–Trinajstić information content (AvgIpc) is 1.97. The fourth-order valence-electron chi connectivity index (χ4n) is 0.635. The zero-order valence-corrected chi connectivity index (χ0v) is 9.49. The molecule has 0 heterocycles. The van der Waals surface area contributed by atoms with Crippen molar-refractivity contribution >= 4 is 23.1 Å². The van der Waals surface area contributed by atoms with Gasteiger partial charge in [-0.2, -0.15) is 0 Å². The van der Waals surface area contributed by atoms with Crippen LogP contribution in [0.1, 0.15) is 27.7 Å². The van der Waals surface area contributed by atoms with Gasteiger partial charge < -0.3 is 11.1 Å². The minimum absolute atomic E-state index is 0.0889. The molecule has 3 N–H and O–H groups in total. The van der Waals surface area contributed by atoms with E-state index in [0.29, 0.717) is 6.54 Å². The minimum atomic E-state index is -0.377. The number of carbonyl (C=O) groups is 1. The number of hydrogen-bond donors (Lipinski definition) is 2. The lowest BCUT2D eigenvalue weighted by Gasteiger charge is -2.20. The monoisotopic (exact) mass is 202 g/mol. The molecule has 0 aliphatic heterocycles. The number of nitrogens with one attached hydrogen (secondary N) is 1. The van der Waals surface area contributed by atoms with Crippen molar-refractivity contribution in [3.8, 4) is 0 Å². The standard InChI is InChI=1S/C9H18N2OS/c1-6(7(10)13)8(12)11-5-9(2,3)4/h6H,5H2,1-4H3,(H2,10,13)(H,11,12). The Kier molecular flexibility index (Phi) is 4.33. The fourth-order valence-corrected chi connectivity index (χ4v) is 0.742. The lowest BCUT2D eigenvalue weighted by Crippen LogP contribution is -2.39. The maximum absolute atomic E-state index is 11.4. The lowest BCUT2D eigenvalue weighted by molar-refractivity contribution is -0.123. The molecule has 0 aromatic heterocycles. The summed E-state index contributed by atoms with van der Waals surface area (Å²) in [7, 11) is 0. The first kappa shape index (κ1) is 12.4. The summed E-state index contributed by atoms with van der Waals surface area (Å²) in [6, 6.07) is 0. The van der Waals surface area contributed by atoms with Gasteiger partial charge >= 0.3 is 0 Å². The van der Waals surface area contributed by atoms with E-state index >= 15 is 0 Å². The topological polar surface area (TPSA) is 55.1 Å². The zero-order chi connectivity index (χ0) is 10.6. The van der Waals surface area contributed by atoms with E-state index in [1.165, 1.54) is 0 Å². The van der Waals surface area contributed by atoms with E-state index in [4.69, 9.17) is 18.0 Å². The second-order valence-electron chi connectivity index (χ2n) is 4.40. The molecule has 0 aliphatic rings. The molecular weight excluding hydrogens is 184 g/mol. The van der Waals surface area contributed by atoms with Gasteiger partial charge in [0.1, 0.15) is 0 Å². The molecule has 0 radical (unpaired) electrons. The van der Waals surface area contributed by atoms with E-state index in [0.717, 1.165) is 0 Å². The van der Waals surface area contributed by atoms with E-state index in [1.54, 1.807) is 6.92 Å². The molecule has 0 fully saturated rings. The van der Waals surface area contributed by atoms with E-state index in [2.05, 4.69) is 26.1 Å². The molecule has 0 spiro atoms. The van der Waals surface area contributed by atoms with Gasteiger partial charge in [-0.1, -0.05) is 33.0 Å². The van der Waals surface area contributed by atoms with Crippen molar-refractivity contribution in [2.75, 3.05) is 6.54 Å². The molecule has 0 saturated carbocycles. The van der Waals surface area contributed by atoms with Gasteiger partial charge in [0, 0.05) is 6.54 Å². The third-order valence-corrected chi connectivity index (χ3v) is 1.97. The molecule has 4 heteroatoms. The van der Waals surface area contributed by atoms with Gasteiger partial charge in [-0.3, -0.25) is 4.79 Å². The summed E-state index contributed by atoms with van der Waals surface area (Å²) in [5.74, 6) is -0.472. The van der Waals surface area contributed by atoms with Gasteiger partial charge in [0.25, 0.3) is 0 Å². The normalized spacial score (nSPS) is 13.5. The third kappa shape index (κ3) is 5.58. The van der Waals surface area contributed by atoms with Gasteiger partial charge in [-0.25, -0.2) is 0 Å². The van der Waals surface area contributed by atoms with Crippen LogP contribution in [0.5, 0.6) is 0 Å². The number of rotatable bonds is 3. The first-order valence-electron chi connectivity index (χ1n) is 4.31. The van der Waals surface area contributed by atoms with Crippen molar-refractivity contribution in [2.45, 2.75) is 27.7 Å². The van der Waals surface area contributed by atoms with Crippen LogP contribution >= 0.6 is 12.2 Å². The number of hydrogen-bond acceptors (Lipinski definition) is 2. The lowest BCUT2D eigenvalue weighted by atomic mass is 9.96. The van der Waals surface area contributed by atoms with Gasteiger partial charge in [-0.15, -0.1) is 0 Å². The maximum Gasteiger partial charge on any atom is 0.229 e. The number of amides is 1. The van der Waals surface area contributed by atoms with Crippen molar-refractivity contribution in [3.05, 3.63) is 0 Å². The number of thiocarbonyl (C=S) groups is 1. The Hall–Kier alpha value is -0.640. The zero-order valence-electron chi connectivity index (χ0n) is 8.68. The first-order chi connectivity index (χ1) is 5.74. The van der Waals surface area contributed by atoms with Gasteiger partial charge in [0.05, 0.1) is 10.9 Å². The molecule has 1 atom stereocenters. The van der Waals surface area contributed by atoms with Crippen molar-refractivity contribution in [1.82, 2.24) is 5.32 Å². The van der Waals surface area contributed by atoms with Crippen LogP contribution in [0.25, 0.3) is 0 Å². The Morgan fingerprint density at radius 2 is 2.00 bits per heavy atom. The average molecular weight is 202 g/mol. The van der Waals surface area contributed by atoms with E-state index < -0.39 is 0 Å². The van der Waals surface area contributed by atoms with Crippen molar-refractivity contribution < 1.29 is 4.79 Å². The Morgan fingerprint density at radius 1 is 1.54 bits per heavy atom. The summed E-state index contributed by atoms with van der Waals surface area (Å²) >= 11 is 4.72. The smallest absolute Gasteiger partial charge is 0.229 e. The summed E-state index contributed by atoms with van der Waals surface area (Å²) < 4.78 is 0. The van der Waals surface area contributed by atoms with Crippen LogP contribution in [0.2, 0.25) is 0 Å². The Labute approximate surface area is 85.1 Å². The van der Waals surface area contributed by atoms with Gasteiger partial charge in [0.2, 0.25) is 5.91 Å². The largest absolute Gasteiger partial charge is 0.393 e. The molecule has 0 aromatic rings. The minimum Gasteiger partial charge on any atom is -0.393 e. The Balaban J connectivity index is 3.96. The summed E-state index contributed by atoms with van der Waals surface area (Å²) in [6.45, 7) is 8.51. The van der Waals surface area contributed by atoms with Crippen LogP contribution in [0.3, 0.4) is 0 Å². The van der Waals surface area contributed by atoms with E-state index in [1.807, 2.05) is 0 Å². The van der Waals surface area contributed by atoms with Crippen LogP contribution in [-0.2, 0) is 4.79 Å². The molecular formula is C9H18N2OS. The SMILES string of the molecule is CC(C(=O)NCC(C)(C)C)C(N)=S. The summed E-state index contributed by atoms with van der Waals surface area (Å²) in [5, 5.41) is 2.80. The second-order valence-corrected chi connectivity index (χ2v) is 4.87. The van der Waals surface area contributed by atoms with Crippen LogP contribution in [-0.4, -0.2) is 17.4 Å². The highest BCUT2D eigenvalue weighted by molar-refractivity contribution is 7.80. The molecule has 1 unspecified atom stereocenters. The molecule has 0 saturated heterocycles. The summed E-state index contributed by atoms with van der Waals surface area (Å²) in [5.41, 5.74) is 5.44. The highest BCUT2D eigenvalue weighted by Crippen LogP contribution is 2.10. The van der Waals surface area contributed by atoms with Crippen LogP contribution in [0.15, 0.2) is 0 Å². The molecule has 76 valence electrons. The fraction of sp³-hybridized carbons (Fsp3) is 0.778. The van der Waals surface area contributed by atoms with Crippen molar-refractivity contribution in [1.29, 1.82) is 0 Å². The van der Waals surface area contributed by atoms with E-state index in [9.17, 15) is 4.79 Å². The number of carbonyl (C=O) groups excluding carboxylic acids is 1. The highest BCUT2D eigenvalue weighted by Gasteiger charge is 2.17. The Morgan fingerprint density at radius 3 is 2.31 bits per heavy atom. The highest BCUT2D eigenvalue weighted by atomic mass is 32.1.